The molecular formula is C23H29N3OS2. The van der Waals surface area contributed by atoms with E-state index in [-0.39, 0.29) is 5.91 Å². The first-order chi connectivity index (χ1) is 14.0. The zero-order chi connectivity index (χ0) is 21.0. The van der Waals surface area contributed by atoms with Crippen LogP contribution in [0.1, 0.15) is 35.3 Å². The molecule has 1 heterocycles. The van der Waals surface area contributed by atoms with Crippen molar-refractivity contribution in [3.63, 3.8) is 0 Å². The van der Waals surface area contributed by atoms with Gasteiger partial charge in [0.05, 0.1) is 10.2 Å². The van der Waals surface area contributed by atoms with Crippen LogP contribution in [0.15, 0.2) is 41.3 Å². The maximum atomic E-state index is 13.5. The van der Waals surface area contributed by atoms with Gasteiger partial charge in [0.1, 0.15) is 0 Å². The Morgan fingerprint density at radius 2 is 1.83 bits per heavy atom. The van der Waals surface area contributed by atoms with Gasteiger partial charge in [-0.15, -0.1) is 11.8 Å². The molecule has 1 amide bonds. The molecule has 0 radical (unpaired) electrons. The molecule has 1 aromatic heterocycles. The topological polar surface area (TPSA) is 36.4 Å². The number of aromatic nitrogens is 1. The number of thiazole rings is 1. The van der Waals surface area contributed by atoms with Crippen LogP contribution in [-0.4, -0.2) is 48.2 Å². The zero-order valence-electron chi connectivity index (χ0n) is 17.9. The van der Waals surface area contributed by atoms with Crippen LogP contribution in [0.2, 0.25) is 0 Å². The van der Waals surface area contributed by atoms with Crippen molar-refractivity contribution in [2.75, 3.05) is 37.3 Å². The Morgan fingerprint density at radius 1 is 1.07 bits per heavy atom. The van der Waals surface area contributed by atoms with Gasteiger partial charge in [-0.1, -0.05) is 42.9 Å². The summed E-state index contributed by atoms with van der Waals surface area (Å²) in [6, 6.07) is 12.3. The first-order valence-electron chi connectivity index (χ1n) is 10.0. The van der Waals surface area contributed by atoms with Crippen molar-refractivity contribution in [1.29, 1.82) is 0 Å². The molecule has 0 aliphatic rings. The molecule has 3 aromatic rings. The minimum atomic E-state index is 0.0267. The Labute approximate surface area is 181 Å². The second-order valence-electron chi connectivity index (χ2n) is 7.13. The fourth-order valence-electron chi connectivity index (χ4n) is 3.40. The van der Waals surface area contributed by atoms with E-state index < -0.39 is 0 Å². The Morgan fingerprint density at radius 3 is 2.48 bits per heavy atom. The number of rotatable bonds is 8. The second kappa shape index (κ2) is 9.74. The summed E-state index contributed by atoms with van der Waals surface area (Å²) in [5, 5.41) is 0.774. The highest BCUT2D eigenvalue weighted by Crippen LogP contribution is 2.32. The Kier molecular flexibility index (Phi) is 7.33. The third kappa shape index (κ3) is 5.00. The number of benzene rings is 2. The lowest BCUT2D eigenvalue weighted by atomic mass is 10.0. The van der Waals surface area contributed by atoms with E-state index in [9.17, 15) is 4.79 Å². The Balaban J connectivity index is 1.99. The number of aryl methyl sites for hydroxylation is 2. The first-order valence-corrected chi connectivity index (χ1v) is 12.1. The summed E-state index contributed by atoms with van der Waals surface area (Å²) in [5.41, 5.74) is 3.87. The van der Waals surface area contributed by atoms with Crippen LogP contribution in [0.25, 0.3) is 10.2 Å². The van der Waals surface area contributed by atoms with Crippen molar-refractivity contribution in [3.05, 3.63) is 53.1 Å². The third-order valence-corrected chi connectivity index (χ3v) is 6.97. The second-order valence-corrected chi connectivity index (χ2v) is 9.02. The van der Waals surface area contributed by atoms with Crippen molar-refractivity contribution in [2.24, 2.45) is 0 Å². The molecule has 0 fully saturated rings. The summed E-state index contributed by atoms with van der Waals surface area (Å²) in [6.45, 7) is 11.8. The third-order valence-electron chi connectivity index (χ3n) is 5.21. The van der Waals surface area contributed by atoms with Gasteiger partial charge >= 0.3 is 0 Å². The normalized spacial score (nSPS) is 11.4. The molecule has 0 atom stereocenters. The summed E-state index contributed by atoms with van der Waals surface area (Å²) in [5.74, 6) is 0.0267. The number of carbonyl (C=O) groups is 1. The van der Waals surface area contributed by atoms with E-state index in [0.29, 0.717) is 6.54 Å². The lowest BCUT2D eigenvalue weighted by Gasteiger charge is -2.25. The molecule has 0 N–H and O–H groups in total. The number of anilines is 1. The average molecular weight is 428 g/mol. The van der Waals surface area contributed by atoms with Gasteiger partial charge in [-0.2, -0.15) is 0 Å². The Hall–Kier alpha value is -1.89. The highest BCUT2D eigenvalue weighted by molar-refractivity contribution is 7.98. The molecule has 0 bridgehead atoms. The lowest BCUT2D eigenvalue weighted by molar-refractivity contribution is 0.0983. The van der Waals surface area contributed by atoms with E-state index in [0.717, 1.165) is 46.1 Å². The maximum absolute atomic E-state index is 13.5. The smallest absolute Gasteiger partial charge is 0.260 e. The fraction of sp³-hybridized carbons (Fsp3) is 0.391. The molecule has 0 saturated carbocycles. The minimum absolute atomic E-state index is 0.0267. The molecule has 0 aliphatic heterocycles. The van der Waals surface area contributed by atoms with Gasteiger partial charge in [0.25, 0.3) is 5.91 Å². The summed E-state index contributed by atoms with van der Waals surface area (Å²) in [4.78, 5) is 23.8. The highest BCUT2D eigenvalue weighted by atomic mass is 32.2. The molecule has 0 spiro atoms. The van der Waals surface area contributed by atoms with Crippen LogP contribution in [0.3, 0.4) is 0 Å². The maximum Gasteiger partial charge on any atom is 0.260 e. The summed E-state index contributed by atoms with van der Waals surface area (Å²) in [7, 11) is 0. The van der Waals surface area contributed by atoms with Crippen LogP contribution in [-0.2, 0) is 0 Å². The van der Waals surface area contributed by atoms with Crippen molar-refractivity contribution >= 4 is 44.4 Å². The SMILES string of the molecule is CCN(CC)CCN(C(=O)c1ccc(C)cc1C)c1nc2ccc(SC)cc2s1. The van der Waals surface area contributed by atoms with Gasteiger partial charge in [0.15, 0.2) is 5.13 Å². The Bertz CT molecular complexity index is 995. The summed E-state index contributed by atoms with van der Waals surface area (Å²) < 4.78 is 1.12. The van der Waals surface area contributed by atoms with E-state index in [1.54, 1.807) is 23.1 Å². The van der Waals surface area contributed by atoms with Gasteiger partial charge in [0.2, 0.25) is 0 Å². The molecule has 0 unspecified atom stereocenters. The molecule has 6 heteroatoms. The lowest BCUT2D eigenvalue weighted by Crippen LogP contribution is -2.39. The predicted molar refractivity (Wildman–Crippen MR) is 127 cm³/mol. The van der Waals surface area contributed by atoms with Crippen LogP contribution >= 0.6 is 23.1 Å². The van der Waals surface area contributed by atoms with Crippen molar-refractivity contribution < 1.29 is 4.79 Å². The van der Waals surface area contributed by atoms with E-state index in [1.165, 1.54) is 10.5 Å². The molecule has 2 aromatic carbocycles. The van der Waals surface area contributed by atoms with Gasteiger partial charge in [-0.05, 0) is 63.0 Å². The van der Waals surface area contributed by atoms with E-state index in [1.807, 2.05) is 30.0 Å². The molecule has 154 valence electrons. The monoisotopic (exact) mass is 427 g/mol. The summed E-state index contributed by atoms with van der Waals surface area (Å²) >= 11 is 3.32. The van der Waals surface area contributed by atoms with Crippen molar-refractivity contribution in [1.82, 2.24) is 9.88 Å². The molecule has 29 heavy (non-hydrogen) atoms. The van der Waals surface area contributed by atoms with Crippen molar-refractivity contribution in [3.8, 4) is 0 Å². The number of fused-ring (bicyclic) bond motifs is 1. The van der Waals surface area contributed by atoms with E-state index >= 15 is 0 Å². The van der Waals surface area contributed by atoms with Crippen LogP contribution < -0.4 is 4.90 Å². The average Bonchev–Trinajstić information content (AvgIpc) is 3.13. The van der Waals surface area contributed by atoms with Crippen LogP contribution in [0.5, 0.6) is 0 Å². The number of likely N-dealkylation sites (N-methyl/N-ethyl adjacent to an activating group) is 1. The van der Waals surface area contributed by atoms with Crippen molar-refractivity contribution in [2.45, 2.75) is 32.6 Å². The number of hydrogen-bond acceptors (Lipinski definition) is 5. The van der Waals surface area contributed by atoms with Gasteiger partial charge < -0.3 is 4.90 Å². The number of thioether (sulfide) groups is 1. The minimum Gasteiger partial charge on any atom is -0.302 e. The van der Waals surface area contributed by atoms with Gasteiger partial charge in [-0.25, -0.2) is 4.98 Å². The highest BCUT2D eigenvalue weighted by Gasteiger charge is 2.23. The van der Waals surface area contributed by atoms with E-state index in [4.69, 9.17) is 4.98 Å². The largest absolute Gasteiger partial charge is 0.302 e. The predicted octanol–water partition coefficient (Wildman–Crippen LogP) is 5.62. The summed E-state index contributed by atoms with van der Waals surface area (Å²) in [6.07, 6.45) is 2.07. The molecule has 0 saturated heterocycles. The van der Waals surface area contributed by atoms with Crippen LogP contribution in [0, 0.1) is 13.8 Å². The number of amides is 1. The number of nitrogens with zero attached hydrogens (tertiary/aromatic N) is 3. The zero-order valence-corrected chi connectivity index (χ0v) is 19.5. The fourth-order valence-corrected chi connectivity index (χ4v) is 4.94. The number of carbonyl (C=O) groups excluding carboxylic acids is 1. The molecule has 4 nitrogen and oxygen atoms in total. The first kappa shape index (κ1) is 21.8. The molecular weight excluding hydrogens is 398 g/mol. The molecule has 0 aliphatic carbocycles. The van der Waals surface area contributed by atoms with E-state index in [2.05, 4.69) is 50.1 Å². The quantitative estimate of drug-likeness (QED) is 0.437. The van der Waals surface area contributed by atoms with Gasteiger partial charge in [0, 0.05) is 23.5 Å². The van der Waals surface area contributed by atoms with Gasteiger partial charge in [-0.3, -0.25) is 9.69 Å². The van der Waals surface area contributed by atoms with Crippen LogP contribution in [0.4, 0.5) is 5.13 Å². The number of hydrogen-bond donors (Lipinski definition) is 0. The standard InChI is InChI=1S/C23H29N3OS2/c1-6-25(7-2)12-13-26(22(27)19-10-8-16(3)14-17(19)4)23-24-20-11-9-18(28-5)15-21(20)29-23/h8-11,14-15H,6-7,12-13H2,1-5H3. The molecule has 3 rings (SSSR count).